The van der Waals surface area contributed by atoms with E-state index in [1.54, 1.807) is 19.1 Å². The van der Waals surface area contributed by atoms with E-state index >= 15 is 0 Å². The number of carboxylic acid groups (broad SMARTS) is 1. The minimum atomic E-state index is -1.34. The number of rotatable bonds is 11. The molecular formula is C23H34N4O7. The fourth-order valence-electron chi connectivity index (χ4n) is 3.80. The monoisotopic (exact) mass is 478 g/mol. The second-order valence-corrected chi connectivity index (χ2v) is 8.61. The van der Waals surface area contributed by atoms with Gasteiger partial charge in [-0.3, -0.25) is 14.4 Å². The maximum absolute atomic E-state index is 13.3. The zero-order valence-corrected chi connectivity index (χ0v) is 19.4. The molecule has 1 heterocycles. The molecule has 7 N–H and O–H groups in total. The number of nitrogens with zero attached hydrogens (tertiary/aromatic N) is 1. The van der Waals surface area contributed by atoms with E-state index in [0.29, 0.717) is 24.8 Å². The van der Waals surface area contributed by atoms with Gasteiger partial charge in [-0.2, -0.15) is 0 Å². The molecule has 5 atom stereocenters. The van der Waals surface area contributed by atoms with Gasteiger partial charge in [-0.15, -0.1) is 0 Å². The number of benzene rings is 1. The number of nitrogens with two attached hydrogens (primary N) is 1. The summed E-state index contributed by atoms with van der Waals surface area (Å²) < 4.78 is 0. The Bertz CT molecular complexity index is 877. The van der Waals surface area contributed by atoms with Crippen molar-refractivity contribution in [3.8, 4) is 5.75 Å². The molecule has 0 bridgehead atoms. The molecule has 1 aliphatic rings. The fourth-order valence-corrected chi connectivity index (χ4v) is 3.80. The van der Waals surface area contributed by atoms with Crippen molar-refractivity contribution < 1.29 is 34.5 Å². The van der Waals surface area contributed by atoms with Crippen LogP contribution in [0, 0.1) is 5.92 Å². The summed E-state index contributed by atoms with van der Waals surface area (Å²) in [6.07, 6.45) is 1.50. The normalized spacial score (nSPS) is 19.1. The third-order valence-corrected chi connectivity index (χ3v) is 6.19. The Labute approximate surface area is 198 Å². The summed E-state index contributed by atoms with van der Waals surface area (Å²) in [6, 6.07) is 1.67. The van der Waals surface area contributed by atoms with Crippen LogP contribution in [0.1, 0.15) is 38.7 Å². The van der Waals surface area contributed by atoms with Crippen LogP contribution in [0.5, 0.6) is 5.75 Å². The second kappa shape index (κ2) is 12.3. The molecule has 1 aromatic rings. The van der Waals surface area contributed by atoms with Crippen molar-refractivity contribution in [1.82, 2.24) is 15.5 Å². The van der Waals surface area contributed by atoms with Crippen molar-refractivity contribution in [2.75, 3.05) is 13.2 Å². The highest BCUT2D eigenvalue weighted by atomic mass is 16.4. The van der Waals surface area contributed by atoms with E-state index < -0.39 is 54.5 Å². The lowest BCUT2D eigenvalue weighted by molar-refractivity contribution is -0.149. The van der Waals surface area contributed by atoms with Crippen molar-refractivity contribution in [2.45, 2.75) is 63.7 Å². The lowest BCUT2D eigenvalue weighted by atomic mass is 9.99. The summed E-state index contributed by atoms with van der Waals surface area (Å²) in [4.78, 5) is 51.4. The number of amides is 3. The Morgan fingerprint density at radius 3 is 2.29 bits per heavy atom. The maximum Gasteiger partial charge on any atom is 0.326 e. The molecule has 5 unspecified atom stereocenters. The molecule has 0 saturated carbocycles. The van der Waals surface area contributed by atoms with E-state index in [0.717, 1.165) is 0 Å². The van der Waals surface area contributed by atoms with E-state index in [1.165, 1.54) is 17.0 Å². The van der Waals surface area contributed by atoms with Crippen LogP contribution in [-0.2, 0) is 25.6 Å². The zero-order valence-electron chi connectivity index (χ0n) is 19.4. The second-order valence-electron chi connectivity index (χ2n) is 8.61. The largest absolute Gasteiger partial charge is 0.508 e. The lowest BCUT2D eigenvalue weighted by Gasteiger charge is -2.29. The molecule has 0 radical (unpaired) electrons. The number of carboxylic acids is 1. The SMILES string of the molecule is CCC(C)C(N)C(=O)NC(CO)C(=O)NC(Cc1ccc(O)cc1)C(=O)N1CCCC1C(=O)O. The summed E-state index contributed by atoms with van der Waals surface area (Å²) >= 11 is 0. The van der Waals surface area contributed by atoms with Gasteiger partial charge in [0.2, 0.25) is 17.7 Å². The number of aliphatic carboxylic acids is 1. The molecule has 188 valence electrons. The van der Waals surface area contributed by atoms with Crippen molar-refractivity contribution in [2.24, 2.45) is 11.7 Å². The van der Waals surface area contributed by atoms with Gasteiger partial charge in [-0.05, 0) is 36.5 Å². The number of likely N-dealkylation sites (tertiary alicyclic amines) is 1. The van der Waals surface area contributed by atoms with Gasteiger partial charge in [0.1, 0.15) is 23.9 Å². The van der Waals surface area contributed by atoms with E-state index in [-0.39, 0.29) is 24.6 Å². The van der Waals surface area contributed by atoms with Crippen LogP contribution >= 0.6 is 0 Å². The molecule has 11 nitrogen and oxygen atoms in total. The summed E-state index contributed by atoms with van der Waals surface area (Å²) in [6.45, 7) is 3.18. The highest BCUT2D eigenvalue weighted by Gasteiger charge is 2.38. The number of carbonyl (C=O) groups is 4. The molecular weight excluding hydrogens is 444 g/mol. The summed E-state index contributed by atoms with van der Waals surface area (Å²) in [5.41, 5.74) is 6.52. The average Bonchev–Trinajstić information content (AvgIpc) is 3.32. The number of aliphatic hydroxyl groups excluding tert-OH is 1. The average molecular weight is 479 g/mol. The van der Waals surface area contributed by atoms with Crippen LogP contribution < -0.4 is 16.4 Å². The molecule has 1 saturated heterocycles. The summed E-state index contributed by atoms with van der Waals surface area (Å²) in [5, 5.41) is 33.6. The first-order chi connectivity index (χ1) is 16.1. The first-order valence-corrected chi connectivity index (χ1v) is 11.4. The van der Waals surface area contributed by atoms with Crippen LogP contribution in [0.4, 0.5) is 0 Å². The quantitative estimate of drug-likeness (QED) is 0.242. The predicted molar refractivity (Wildman–Crippen MR) is 123 cm³/mol. The Balaban J connectivity index is 2.21. The van der Waals surface area contributed by atoms with Crippen LogP contribution in [0.2, 0.25) is 0 Å². The number of carbonyl (C=O) groups excluding carboxylic acids is 3. The molecule has 1 aromatic carbocycles. The summed E-state index contributed by atoms with van der Waals surface area (Å²) in [5.74, 6) is -3.22. The van der Waals surface area contributed by atoms with E-state index in [4.69, 9.17) is 5.73 Å². The topological polar surface area (TPSA) is 182 Å². The number of aromatic hydroxyl groups is 1. The first kappa shape index (κ1) is 27.1. The Hall–Kier alpha value is -3.18. The number of hydrogen-bond acceptors (Lipinski definition) is 7. The van der Waals surface area contributed by atoms with Gasteiger partial charge in [-0.25, -0.2) is 4.79 Å². The highest BCUT2D eigenvalue weighted by molar-refractivity contribution is 5.94. The van der Waals surface area contributed by atoms with E-state index in [9.17, 15) is 34.5 Å². The molecule has 1 fully saturated rings. The van der Waals surface area contributed by atoms with Gasteiger partial charge >= 0.3 is 5.97 Å². The molecule has 0 aliphatic carbocycles. The van der Waals surface area contributed by atoms with Gasteiger partial charge in [0.05, 0.1) is 12.6 Å². The van der Waals surface area contributed by atoms with Crippen LogP contribution in [0.3, 0.4) is 0 Å². The standard InChI is InChI=1S/C23H34N4O7/c1-3-13(2)19(24)21(31)26-17(12-28)20(30)25-16(11-14-6-8-15(29)9-7-14)22(32)27-10-4-5-18(27)23(33)34/h6-9,13,16-19,28-29H,3-5,10-12,24H2,1-2H3,(H,25,30)(H,26,31)(H,33,34). The highest BCUT2D eigenvalue weighted by Crippen LogP contribution is 2.20. The number of nitrogens with one attached hydrogen (secondary N) is 2. The molecule has 34 heavy (non-hydrogen) atoms. The smallest absolute Gasteiger partial charge is 0.326 e. The third kappa shape index (κ3) is 6.91. The van der Waals surface area contributed by atoms with Crippen molar-refractivity contribution in [3.63, 3.8) is 0 Å². The predicted octanol–water partition coefficient (Wildman–Crippen LogP) is -0.654. The Kier molecular flexibility index (Phi) is 9.82. The van der Waals surface area contributed by atoms with E-state index in [2.05, 4.69) is 10.6 Å². The molecule has 3 amide bonds. The molecule has 0 aromatic heterocycles. The lowest BCUT2D eigenvalue weighted by Crippen LogP contribution is -2.59. The van der Waals surface area contributed by atoms with Gasteiger partial charge in [0.25, 0.3) is 0 Å². The molecule has 11 heteroatoms. The van der Waals surface area contributed by atoms with E-state index in [1.807, 2.05) is 6.92 Å². The van der Waals surface area contributed by atoms with Gasteiger partial charge < -0.3 is 36.6 Å². The number of aliphatic hydroxyl groups is 1. The summed E-state index contributed by atoms with van der Waals surface area (Å²) in [7, 11) is 0. The van der Waals surface area contributed by atoms with Crippen molar-refractivity contribution in [3.05, 3.63) is 29.8 Å². The minimum Gasteiger partial charge on any atom is -0.508 e. The van der Waals surface area contributed by atoms with Crippen LogP contribution in [0.15, 0.2) is 24.3 Å². The number of hydrogen-bond donors (Lipinski definition) is 6. The van der Waals surface area contributed by atoms with Crippen molar-refractivity contribution in [1.29, 1.82) is 0 Å². The number of phenolic OH excluding ortho intramolecular Hbond substituents is 1. The first-order valence-electron chi connectivity index (χ1n) is 11.4. The Morgan fingerprint density at radius 1 is 1.12 bits per heavy atom. The minimum absolute atomic E-state index is 0.0200. The Morgan fingerprint density at radius 2 is 1.74 bits per heavy atom. The third-order valence-electron chi connectivity index (χ3n) is 6.19. The van der Waals surface area contributed by atoms with Gasteiger partial charge in [-0.1, -0.05) is 32.4 Å². The molecule has 1 aliphatic heterocycles. The molecule has 0 spiro atoms. The van der Waals surface area contributed by atoms with Gasteiger partial charge in [0.15, 0.2) is 0 Å². The maximum atomic E-state index is 13.3. The van der Waals surface area contributed by atoms with Crippen molar-refractivity contribution >= 4 is 23.7 Å². The van der Waals surface area contributed by atoms with Crippen LogP contribution in [-0.4, -0.2) is 81.2 Å². The van der Waals surface area contributed by atoms with Crippen LogP contribution in [0.25, 0.3) is 0 Å². The number of phenols is 1. The molecule has 2 rings (SSSR count). The van der Waals surface area contributed by atoms with Gasteiger partial charge in [0, 0.05) is 13.0 Å². The fraction of sp³-hybridized carbons (Fsp3) is 0.565. The zero-order chi connectivity index (χ0) is 25.4.